The largest absolute Gasteiger partial charge is 0.495 e. The van der Waals surface area contributed by atoms with E-state index in [-0.39, 0.29) is 17.6 Å². The lowest BCUT2D eigenvalue weighted by Crippen LogP contribution is -2.36. The third-order valence-corrected chi connectivity index (χ3v) is 6.59. The lowest BCUT2D eigenvalue weighted by molar-refractivity contribution is -0.160. The van der Waals surface area contributed by atoms with Gasteiger partial charge in [-0.3, -0.25) is 9.36 Å². The average molecular weight is 501 g/mol. The van der Waals surface area contributed by atoms with E-state index in [0.29, 0.717) is 33.9 Å². The monoisotopic (exact) mass is 500 g/mol. The van der Waals surface area contributed by atoms with Crippen LogP contribution in [0.25, 0.3) is 11.1 Å². The van der Waals surface area contributed by atoms with E-state index in [1.807, 2.05) is 0 Å². The molecule has 8 heteroatoms. The van der Waals surface area contributed by atoms with E-state index in [9.17, 15) is 14.9 Å². The normalized spacial score (nSPS) is 19.0. The minimum absolute atomic E-state index is 0.236. The van der Waals surface area contributed by atoms with E-state index < -0.39 is 17.6 Å². The van der Waals surface area contributed by atoms with Crippen LogP contribution in [0.4, 0.5) is 0 Å². The standard InChI is InChI=1S/C27H33ClN2O5/c1-27(2,3)35-26(32)23(12-17-6-10-20(33-4)11-7-17)30-16-24(34-5)22(14-25(30)31)21-13-19(28)9-8-18(21)15-29/h8-9,13-14,16-17,20,23H,6-7,10-12H2,1-5H3. The van der Waals surface area contributed by atoms with Crippen LogP contribution in [-0.2, 0) is 14.3 Å². The van der Waals surface area contributed by atoms with Gasteiger partial charge in [-0.25, -0.2) is 4.79 Å². The highest BCUT2D eigenvalue weighted by Gasteiger charge is 2.32. The molecule has 1 heterocycles. The highest BCUT2D eigenvalue weighted by molar-refractivity contribution is 6.31. The van der Waals surface area contributed by atoms with Crippen LogP contribution in [0.15, 0.2) is 35.3 Å². The molecule has 0 amide bonds. The summed E-state index contributed by atoms with van der Waals surface area (Å²) in [4.78, 5) is 26.7. The van der Waals surface area contributed by atoms with Gasteiger partial charge in [-0.1, -0.05) is 11.6 Å². The Balaban J connectivity index is 2.04. The molecule has 0 radical (unpaired) electrons. The van der Waals surface area contributed by atoms with Gasteiger partial charge in [0.15, 0.2) is 0 Å². The molecule has 35 heavy (non-hydrogen) atoms. The Labute approximate surface area is 211 Å². The zero-order valence-electron chi connectivity index (χ0n) is 21.0. The van der Waals surface area contributed by atoms with Crippen LogP contribution in [0.5, 0.6) is 5.75 Å². The number of rotatable bonds is 7. The molecule has 188 valence electrons. The first kappa shape index (κ1) is 26.8. The first-order valence-corrected chi connectivity index (χ1v) is 12.2. The first-order chi connectivity index (χ1) is 16.6. The smallest absolute Gasteiger partial charge is 0.329 e. The highest BCUT2D eigenvalue weighted by Crippen LogP contribution is 2.36. The number of halogens is 1. The van der Waals surface area contributed by atoms with Gasteiger partial charge in [0, 0.05) is 29.3 Å². The summed E-state index contributed by atoms with van der Waals surface area (Å²) in [7, 11) is 3.21. The highest BCUT2D eigenvalue weighted by atomic mass is 35.5. The number of carbonyl (C=O) groups excluding carboxylic acids is 1. The predicted molar refractivity (Wildman–Crippen MR) is 135 cm³/mol. The fourth-order valence-corrected chi connectivity index (χ4v) is 4.77. The van der Waals surface area contributed by atoms with Crippen molar-refractivity contribution in [2.75, 3.05) is 14.2 Å². The number of esters is 1. The van der Waals surface area contributed by atoms with Crippen LogP contribution in [0.2, 0.25) is 5.02 Å². The van der Waals surface area contributed by atoms with Crippen LogP contribution >= 0.6 is 11.6 Å². The molecule has 1 aromatic carbocycles. The summed E-state index contributed by atoms with van der Waals surface area (Å²) in [6, 6.07) is 7.56. The molecule has 0 aliphatic heterocycles. The Kier molecular flexibility index (Phi) is 8.63. The molecule has 7 nitrogen and oxygen atoms in total. The van der Waals surface area contributed by atoms with Gasteiger partial charge in [-0.15, -0.1) is 0 Å². The van der Waals surface area contributed by atoms with Gasteiger partial charge in [0.05, 0.1) is 31.0 Å². The van der Waals surface area contributed by atoms with Crippen LogP contribution in [0.3, 0.4) is 0 Å². The molecule has 0 spiro atoms. The van der Waals surface area contributed by atoms with Gasteiger partial charge < -0.3 is 14.2 Å². The van der Waals surface area contributed by atoms with Crippen molar-refractivity contribution in [3.8, 4) is 22.9 Å². The Bertz CT molecular complexity index is 1150. The summed E-state index contributed by atoms with van der Waals surface area (Å²) in [5.41, 5.74) is 0.220. The lowest BCUT2D eigenvalue weighted by Gasteiger charge is -2.31. The Morgan fingerprint density at radius 2 is 1.86 bits per heavy atom. The molecule has 1 unspecified atom stereocenters. The Morgan fingerprint density at radius 1 is 1.17 bits per heavy atom. The Morgan fingerprint density at radius 3 is 2.43 bits per heavy atom. The van der Waals surface area contributed by atoms with Crippen molar-refractivity contribution in [2.24, 2.45) is 5.92 Å². The fraction of sp³-hybridized carbons (Fsp3) is 0.519. The quantitative estimate of drug-likeness (QED) is 0.464. The summed E-state index contributed by atoms with van der Waals surface area (Å²) in [5.74, 6) is 0.165. The molecular weight excluding hydrogens is 468 g/mol. The number of hydrogen-bond donors (Lipinski definition) is 0. The second-order valence-electron chi connectivity index (χ2n) is 9.97. The molecule has 0 N–H and O–H groups in total. The zero-order chi connectivity index (χ0) is 25.8. The van der Waals surface area contributed by atoms with Crippen LogP contribution in [0.1, 0.15) is 64.5 Å². The van der Waals surface area contributed by atoms with E-state index in [4.69, 9.17) is 25.8 Å². The summed E-state index contributed by atoms with van der Waals surface area (Å²) in [6.07, 6.45) is 5.92. The zero-order valence-corrected chi connectivity index (χ0v) is 21.7. The average Bonchev–Trinajstić information content (AvgIpc) is 2.81. The second kappa shape index (κ2) is 11.3. The topological polar surface area (TPSA) is 90.5 Å². The molecule has 0 saturated heterocycles. The molecular formula is C27H33ClN2O5. The summed E-state index contributed by atoms with van der Waals surface area (Å²) in [5, 5.41) is 9.99. The van der Waals surface area contributed by atoms with Gasteiger partial charge >= 0.3 is 5.97 Å². The van der Waals surface area contributed by atoms with E-state index in [2.05, 4.69) is 6.07 Å². The maximum absolute atomic E-state index is 13.4. The third kappa shape index (κ3) is 6.65. The van der Waals surface area contributed by atoms with Crippen LogP contribution in [-0.4, -0.2) is 36.5 Å². The minimum atomic E-state index is -0.802. The van der Waals surface area contributed by atoms with Crippen molar-refractivity contribution in [2.45, 2.75) is 70.6 Å². The van der Waals surface area contributed by atoms with E-state index >= 15 is 0 Å². The number of carbonyl (C=O) groups is 1. The summed E-state index contributed by atoms with van der Waals surface area (Å²) < 4.78 is 18.2. The van der Waals surface area contributed by atoms with Crippen molar-refractivity contribution in [1.82, 2.24) is 4.57 Å². The molecule has 2 aromatic rings. The van der Waals surface area contributed by atoms with E-state index in [0.717, 1.165) is 25.7 Å². The number of benzene rings is 1. The summed E-state index contributed by atoms with van der Waals surface area (Å²) in [6.45, 7) is 5.42. The number of pyridine rings is 1. The van der Waals surface area contributed by atoms with Gasteiger partial charge in [-0.05, 0) is 77.0 Å². The first-order valence-electron chi connectivity index (χ1n) is 11.8. The number of ether oxygens (including phenoxy) is 3. The SMILES string of the molecule is COc1cn(C(CC2CCC(OC)CC2)C(=O)OC(C)(C)C)c(=O)cc1-c1cc(Cl)ccc1C#N. The van der Waals surface area contributed by atoms with E-state index in [1.165, 1.54) is 23.9 Å². The molecule has 0 bridgehead atoms. The molecule has 1 aromatic heterocycles. The van der Waals surface area contributed by atoms with Crippen molar-refractivity contribution in [1.29, 1.82) is 5.26 Å². The fourth-order valence-electron chi connectivity index (χ4n) is 4.59. The number of methoxy groups -OCH3 is 2. The second-order valence-corrected chi connectivity index (χ2v) is 10.4. The Hall–Kier alpha value is -2.82. The maximum Gasteiger partial charge on any atom is 0.329 e. The predicted octanol–water partition coefficient (Wildman–Crippen LogP) is 5.53. The van der Waals surface area contributed by atoms with Gasteiger partial charge in [0.25, 0.3) is 5.56 Å². The number of aromatic nitrogens is 1. The van der Waals surface area contributed by atoms with Crippen molar-refractivity contribution >= 4 is 17.6 Å². The molecule has 1 aliphatic rings. The van der Waals surface area contributed by atoms with Crippen molar-refractivity contribution in [3.05, 3.63) is 51.4 Å². The molecule has 3 rings (SSSR count). The number of nitrogens with zero attached hydrogens (tertiary/aromatic N) is 2. The maximum atomic E-state index is 13.4. The van der Waals surface area contributed by atoms with E-state index in [1.54, 1.807) is 46.1 Å². The van der Waals surface area contributed by atoms with Gasteiger partial charge in [-0.2, -0.15) is 5.26 Å². The minimum Gasteiger partial charge on any atom is -0.495 e. The molecule has 1 saturated carbocycles. The third-order valence-electron chi connectivity index (χ3n) is 6.35. The molecule has 1 atom stereocenters. The summed E-state index contributed by atoms with van der Waals surface area (Å²) >= 11 is 6.17. The van der Waals surface area contributed by atoms with Crippen LogP contribution in [0, 0.1) is 17.2 Å². The van der Waals surface area contributed by atoms with Crippen LogP contribution < -0.4 is 10.3 Å². The number of hydrogen-bond acceptors (Lipinski definition) is 6. The number of nitriles is 1. The molecule has 1 fully saturated rings. The van der Waals surface area contributed by atoms with Gasteiger partial charge in [0.1, 0.15) is 17.4 Å². The van der Waals surface area contributed by atoms with Gasteiger partial charge in [0.2, 0.25) is 0 Å². The van der Waals surface area contributed by atoms with Crippen molar-refractivity contribution in [3.63, 3.8) is 0 Å². The van der Waals surface area contributed by atoms with Crippen molar-refractivity contribution < 1.29 is 19.0 Å². The molecule has 1 aliphatic carbocycles. The lowest BCUT2D eigenvalue weighted by atomic mass is 9.83.